The van der Waals surface area contributed by atoms with Gasteiger partial charge in [-0.1, -0.05) is 51.1 Å². The molecule has 1 N–H and O–H groups in total. The number of rotatable bonds is 5. The maximum atomic E-state index is 12.8. The van der Waals surface area contributed by atoms with Gasteiger partial charge in [0.25, 0.3) is 0 Å². The highest BCUT2D eigenvalue weighted by atomic mass is 16.4. The fraction of sp³-hybridized carbons (Fsp3) is 0.556. The number of carboxylic acid groups (broad SMARTS) is 1. The number of hydrogen-bond acceptors (Lipinski definition) is 2. The Bertz CT molecular complexity index is 541. The predicted octanol–water partition coefficient (Wildman–Crippen LogP) is 3.14. The van der Waals surface area contributed by atoms with Crippen LogP contribution in [-0.4, -0.2) is 35.0 Å². The van der Waals surface area contributed by atoms with Gasteiger partial charge in [0.2, 0.25) is 5.91 Å². The fourth-order valence-electron chi connectivity index (χ4n) is 3.37. The van der Waals surface area contributed by atoms with E-state index in [9.17, 15) is 14.7 Å². The standard InChI is InChI=1S/C18H25NO3/c1-4-15(14-8-6-5-7-9-14)16(20)19-11-10-18(12-19,13(2)3)17(21)22/h5-9,13,15H,4,10-12H2,1-3H3,(H,21,22). The molecule has 120 valence electrons. The van der Waals surface area contributed by atoms with Gasteiger partial charge in [-0.3, -0.25) is 9.59 Å². The van der Waals surface area contributed by atoms with Crippen LogP contribution in [0.25, 0.3) is 0 Å². The summed E-state index contributed by atoms with van der Waals surface area (Å²) in [6.07, 6.45) is 1.26. The molecule has 4 nitrogen and oxygen atoms in total. The quantitative estimate of drug-likeness (QED) is 0.909. The van der Waals surface area contributed by atoms with Gasteiger partial charge in [-0.25, -0.2) is 0 Å². The maximum Gasteiger partial charge on any atom is 0.311 e. The Balaban J connectivity index is 2.19. The lowest BCUT2D eigenvalue weighted by atomic mass is 9.76. The summed E-state index contributed by atoms with van der Waals surface area (Å²) >= 11 is 0. The zero-order valence-corrected chi connectivity index (χ0v) is 13.6. The molecule has 1 heterocycles. The highest BCUT2D eigenvalue weighted by Crippen LogP contribution is 2.39. The van der Waals surface area contributed by atoms with Crippen LogP contribution < -0.4 is 0 Å². The van der Waals surface area contributed by atoms with Crippen molar-refractivity contribution in [1.82, 2.24) is 4.90 Å². The summed E-state index contributed by atoms with van der Waals surface area (Å²) in [5.41, 5.74) is 0.206. The number of carboxylic acids is 1. The summed E-state index contributed by atoms with van der Waals surface area (Å²) in [6, 6.07) is 9.74. The van der Waals surface area contributed by atoms with Crippen LogP contribution in [-0.2, 0) is 9.59 Å². The van der Waals surface area contributed by atoms with Gasteiger partial charge in [-0.2, -0.15) is 0 Å². The van der Waals surface area contributed by atoms with Crippen molar-refractivity contribution < 1.29 is 14.7 Å². The van der Waals surface area contributed by atoms with Crippen molar-refractivity contribution in [3.63, 3.8) is 0 Å². The molecule has 2 unspecified atom stereocenters. The highest BCUT2D eigenvalue weighted by Gasteiger charge is 2.49. The van der Waals surface area contributed by atoms with Gasteiger partial charge < -0.3 is 10.0 Å². The number of carbonyl (C=O) groups is 2. The second-order valence-corrected chi connectivity index (χ2v) is 6.50. The lowest BCUT2D eigenvalue weighted by Crippen LogP contribution is -2.41. The minimum Gasteiger partial charge on any atom is -0.481 e. The van der Waals surface area contributed by atoms with E-state index in [1.165, 1.54) is 0 Å². The normalized spacial score (nSPS) is 22.8. The molecule has 1 fully saturated rings. The summed E-state index contributed by atoms with van der Waals surface area (Å²) in [5.74, 6) is -0.902. The average molecular weight is 303 g/mol. The molecule has 1 amide bonds. The summed E-state index contributed by atoms with van der Waals surface area (Å²) in [6.45, 7) is 6.71. The topological polar surface area (TPSA) is 57.6 Å². The van der Waals surface area contributed by atoms with E-state index in [4.69, 9.17) is 0 Å². The first-order chi connectivity index (χ1) is 10.4. The molecule has 1 aliphatic rings. The molecule has 0 aliphatic carbocycles. The van der Waals surface area contributed by atoms with Crippen LogP contribution in [0.5, 0.6) is 0 Å². The van der Waals surface area contributed by atoms with Crippen LogP contribution in [0.3, 0.4) is 0 Å². The zero-order chi connectivity index (χ0) is 16.3. The third-order valence-electron chi connectivity index (χ3n) is 5.05. The van der Waals surface area contributed by atoms with Crippen LogP contribution in [0.1, 0.15) is 45.1 Å². The van der Waals surface area contributed by atoms with E-state index >= 15 is 0 Å². The molecule has 2 rings (SSSR count). The van der Waals surface area contributed by atoms with Gasteiger partial charge in [-0.15, -0.1) is 0 Å². The second-order valence-electron chi connectivity index (χ2n) is 6.50. The molecule has 1 aliphatic heterocycles. The number of aliphatic carboxylic acids is 1. The van der Waals surface area contributed by atoms with Gasteiger partial charge in [0.1, 0.15) is 0 Å². The Morgan fingerprint density at radius 1 is 1.27 bits per heavy atom. The van der Waals surface area contributed by atoms with E-state index in [1.54, 1.807) is 4.90 Å². The number of carbonyl (C=O) groups excluding carboxylic acids is 1. The summed E-state index contributed by atoms with van der Waals surface area (Å²) in [5, 5.41) is 9.61. The minimum absolute atomic E-state index is 0.0135. The molecule has 0 aromatic heterocycles. The van der Waals surface area contributed by atoms with Crippen LogP contribution >= 0.6 is 0 Å². The van der Waals surface area contributed by atoms with Gasteiger partial charge in [0.15, 0.2) is 0 Å². The van der Waals surface area contributed by atoms with E-state index < -0.39 is 11.4 Å². The first-order valence-electron chi connectivity index (χ1n) is 7.99. The van der Waals surface area contributed by atoms with Crippen molar-refractivity contribution in [2.45, 2.75) is 39.5 Å². The lowest BCUT2D eigenvalue weighted by Gasteiger charge is -2.29. The third kappa shape index (κ3) is 2.87. The largest absolute Gasteiger partial charge is 0.481 e. The van der Waals surface area contributed by atoms with Gasteiger partial charge in [-0.05, 0) is 24.3 Å². The Morgan fingerprint density at radius 3 is 2.36 bits per heavy atom. The number of benzene rings is 1. The van der Waals surface area contributed by atoms with Crippen LogP contribution in [0.4, 0.5) is 0 Å². The van der Waals surface area contributed by atoms with Crippen LogP contribution in [0.2, 0.25) is 0 Å². The molecule has 0 saturated carbocycles. The molecule has 22 heavy (non-hydrogen) atoms. The Morgan fingerprint density at radius 2 is 1.91 bits per heavy atom. The lowest BCUT2D eigenvalue weighted by molar-refractivity contribution is -0.151. The van der Waals surface area contributed by atoms with Crippen molar-refractivity contribution in [3.8, 4) is 0 Å². The first-order valence-corrected chi connectivity index (χ1v) is 7.99. The van der Waals surface area contributed by atoms with E-state index in [2.05, 4.69) is 0 Å². The molecule has 0 radical (unpaired) electrons. The smallest absolute Gasteiger partial charge is 0.311 e. The molecule has 1 aromatic carbocycles. The highest BCUT2D eigenvalue weighted by molar-refractivity contribution is 5.85. The number of hydrogen-bond donors (Lipinski definition) is 1. The second kappa shape index (κ2) is 6.51. The summed E-state index contributed by atoms with van der Waals surface area (Å²) in [4.78, 5) is 26.3. The van der Waals surface area contributed by atoms with Crippen molar-refractivity contribution in [1.29, 1.82) is 0 Å². The third-order valence-corrected chi connectivity index (χ3v) is 5.05. The molecule has 1 saturated heterocycles. The van der Waals surface area contributed by atoms with E-state index in [0.717, 1.165) is 12.0 Å². The molecule has 1 aromatic rings. The van der Waals surface area contributed by atoms with Gasteiger partial charge in [0, 0.05) is 13.1 Å². The Hall–Kier alpha value is -1.84. The van der Waals surface area contributed by atoms with E-state index in [1.807, 2.05) is 51.1 Å². The monoisotopic (exact) mass is 303 g/mol. The summed E-state index contributed by atoms with van der Waals surface area (Å²) < 4.78 is 0. The minimum atomic E-state index is -0.801. The van der Waals surface area contributed by atoms with Gasteiger partial charge >= 0.3 is 5.97 Å². The van der Waals surface area contributed by atoms with Crippen molar-refractivity contribution >= 4 is 11.9 Å². The van der Waals surface area contributed by atoms with Crippen LogP contribution in [0.15, 0.2) is 30.3 Å². The Labute approximate surface area is 132 Å². The SMILES string of the molecule is CCC(C(=O)N1CCC(C(=O)O)(C(C)C)C1)c1ccccc1. The molecular weight excluding hydrogens is 278 g/mol. The van der Waals surface area contributed by atoms with Crippen molar-refractivity contribution in [3.05, 3.63) is 35.9 Å². The average Bonchev–Trinajstić information content (AvgIpc) is 2.95. The zero-order valence-electron chi connectivity index (χ0n) is 13.6. The van der Waals surface area contributed by atoms with Crippen LogP contribution in [0, 0.1) is 11.3 Å². The van der Waals surface area contributed by atoms with Crippen molar-refractivity contribution in [2.75, 3.05) is 13.1 Å². The fourth-order valence-corrected chi connectivity index (χ4v) is 3.37. The van der Waals surface area contributed by atoms with E-state index in [-0.39, 0.29) is 17.7 Å². The molecule has 2 atom stereocenters. The summed E-state index contributed by atoms with van der Waals surface area (Å²) in [7, 11) is 0. The van der Waals surface area contributed by atoms with E-state index in [0.29, 0.717) is 19.5 Å². The number of amides is 1. The number of likely N-dealkylation sites (tertiary alicyclic amines) is 1. The molecule has 0 spiro atoms. The number of nitrogens with zero attached hydrogens (tertiary/aromatic N) is 1. The first kappa shape index (κ1) is 16.5. The Kier molecular flexibility index (Phi) is 4.89. The van der Waals surface area contributed by atoms with Gasteiger partial charge in [0.05, 0.1) is 11.3 Å². The predicted molar refractivity (Wildman–Crippen MR) is 85.6 cm³/mol. The molecule has 0 bridgehead atoms. The molecular formula is C18H25NO3. The van der Waals surface area contributed by atoms with Crippen molar-refractivity contribution in [2.24, 2.45) is 11.3 Å². The maximum absolute atomic E-state index is 12.8. The molecule has 4 heteroatoms.